The van der Waals surface area contributed by atoms with E-state index in [1.165, 1.54) is 0 Å². The van der Waals surface area contributed by atoms with Gasteiger partial charge >= 0.3 is 0 Å². The summed E-state index contributed by atoms with van der Waals surface area (Å²) in [6.07, 6.45) is 2.19. The van der Waals surface area contributed by atoms with E-state index in [1.54, 1.807) is 12.3 Å². The lowest BCUT2D eigenvalue weighted by Gasteiger charge is -2.23. The molecule has 32 heavy (non-hydrogen) atoms. The standard InChI is InChI=1S/C27H28O5/c28-22-32-27(21-30-19-24-12-6-2-7-13-24)26(31-20-25-14-8-3-9-15-25)16-17-29-18-23-10-4-1-5-11-23/h1-17,22,26-27H,18-21H2/b17-16+. The van der Waals surface area contributed by atoms with Crippen LogP contribution in [0.5, 0.6) is 0 Å². The summed E-state index contributed by atoms with van der Waals surface area (Å²) in [7, 11) is 0. The Hall–Kier alpha value is -3.41. The molecule has 2 atom stereocenters. The number of carbonyl (C=O) groups is 1. The second-order valence-corrected chi connectivity index (χ2v) is 7.16. The fourth-order valence-electron chi connectivity index (χ4n) is 3.06. The Morgan fingerprint density at radius 1 is 0.688 bits per heavy atom. The molecule has 2 unspecified atom stereocenters. The molecule has 3 rings (SSSR count). The first-order chi connectivity index (χ1) is 15.8. The Balaban J connectivity index is 1.61. The lowest BCUT2D eigenvalue weighted by atomic mass is 10.2. The van der Waals surface area contributed by atoms with Gasteiger partial charge in [-0.25, -0.2) is 0 Å². The van der Waals surface area contributed by atoms with Gasteiger partial charge in [0.05, 0.1) is 26.1 Å². The molecule has 0 bridgehead atoms. The summed E-state index contributed by atoms with van der Waals surface area (Å²) >= 11 is 0. The predicted molar refractivity (Wildman–Crippen MR) is 122 cm³/mol. The molecule has 0 heterocycles. The molecule has 0 N–H and O–H groups in total. The highest BCUT2D eigenvalue weighted by Crippen LogP contribution is 2.13. The summed E-state index contributed by atoms with van der Waals surface area (Å²) < 4.78 is 22.8. The van der Waals surface area contributed by atoms with Crippen molar-refractivity contribution in [2.45, 2.75) is 32.0 Å². The van der Waals surface area contributed by atoms with E-state index in [-0.39, 0.29) is 6.61 Å². The minimum absolute atomic E-state index is 0.191. The fraction of sp³-hybridized carbons (Fsp3) is 0.222. The molecule has 5 nitrogen and oxygen atoms in total. The van der Waals surface area contributed by atoms with Crippen LogP contribution in [0.4, 0.5) is 0 Å². The van der Waals surface area contributed by atoms with Gasteiger partial charge in [0.1, 0.15) is 12.7 Å². The third kappa shape index (κ3) is 8.38. The lowest BCUT2D eigenvalue weighted by Crippen LogP contribution is -2.34. The van der Waals surface area contributed by atoms with Gasteiger partial charge in [0.25, 0.3) is 6.47 Å². The van der Waals surface area contributed by atoms with E-state index in [0.29, 0.717) is 26.3 Å². The normalized spacial score (nSPS) is 12.9. The average Bonchev–Trinajstić information content (AvgIpc) is 2.85. The van der Waals surface area contributed by atoms with Gasteiger partial charge in [-0.2, -0.15) is 0 Å². The van der Waals surface area contributed by atoms with Gasteiger partial charge in [-0.1, -0.05) is 91.0 Å². The molecule has 0 aromatic heterocycles. The summed E-state index contributed by atoms with van der Waals surface area (Å²) in [4.78, 5) is 11.2. The zero-order chi connectivity index (χ0) is 22.3. The van der Waals surface area contributed by atoms with Crippen molar-refractivity contribution in [1.29, 1.82) is 0 Å². The van der Waals surface area contributed by atoms with E-state index in [9.17, 15) is 4.79 Å². The van der Waals surface area contributed by atoms with Crippen LogP contribution in [0.3, 0.4) is 0 Å². The number of carbonyl (C=O) groups excluding carboxylic acids is 1. The molecule has 166 valence electrons. The molecule has 0 fully saturated rings. The molecule has 0 saturated heterocycles. The first-order valence-corrected chi connectivity index (χ1v) is 10.5. The van der Waals surface area contributed by atoms with Crippen LogP contribution in [0, 0.1) is 0 Å². The van der Waals surface area contributed by atoms with Crippen molar-refractivity contribution in [2.24, 2.45) is 0 Å². The highest BCUT2D eigenvalue weighted by Gasteiger charge is 2.22. The number of hydrogen-bond donors (Lipinski definition) is 0. The first-order valence-electron chi connectivity index (χ1n) is 10.5. The average molecular weight is 433 g/mol. The van der Waals surface area contributed by atoms with Gasteiger partial charge in [-0.3, -0.25) is 4.79 Å². The molecule has 0 aliphatic heterocycles. The fourth-order valence-corrected chi connectivity index (χ4v) is 3.06. The van der Waals surface area contributed by atoms with Crippen molar-refractivity contribution < 1.29 is 23.7 Å². The van der Waals surface area contributed by atoms with Gasteiger partial charge in [-0.05, 0) is 22.8 Å². The molecule has 3 aromatic carbocycles. The lowest BCUT2D eigenvalue weighted by molar-refractivity contribution is -0.146. The van der Waals surface area contributed by atoms with E-state index in [2.05, 4.69) is 0 Å². The molecular weight excluding hydrogens is 404 g/mol. The van der Waals surface area contributed by atoms with Crippen molar-refractivity contribution in [1.82, 2.24) is 0 Å². The third-order valence-electron chi connectivity index (χ3n) is 4.73. The number of ether oxygens (including phenoxy) is 4. The van der Waals surface area contributed by atoms with Crippen LogP contribution in [-0.2, 0) is 43.6 Å². The Morgan fingerprint density at radius 3 is 1.78 bits per heavy atom. The van der Waals surface area contributed by atoms with Crippen LogP contribution < -0.4 is 0 Å². The second-order valence-electron chi connectivity index (χ2n) is 7.16. The number of benzene rings is 3. The largest absolute Gasteiger partial charge is 0.497 e. The number of rotatable bonds is 14. The molecular formula is C27H28O5. The summed E-state index contributed by atoms with van der Waals surface area (Å²) in [5.74, 6) is 0. The van der Waals surface area contributed by atoms with Crippen molar-refractivity contribution in [3.63, 3.8) is 0 Å². The maximum absolute atomic E-state index is 11.2. The van der Waals surface area contributed by atoms with Crippen molar-refractivity contribution in [3.8, 4) is 0 Å². The Morgan fingerprint density at radius 2 is 1.22 bits per heavy atom. The van der Waals surface area contributed by atoms with Crippen molar-refractivity contribution in [3.05, 3.63) is 120 Å². The van der Waals surface area contributed by atoms with Crippen molar-refractivity contribution >= 4 is 6.47 Å². The Labute approximate surface area is 189 Å². The van der Waals surface area contributed by atoms with Gasteiger partial charge in [0.15, 0.2) is 6.10 Å². The summed E-state index contributed by atoms with van der Waals surface area (Å²) in [6.45, 7) is 1.84. The highest BCUT2D eigenvalue weighted by atomic mass is 16.6. The summed E-state index contributed by atoms with van der Waals surface area (Å²) in [5.41, 5.74) is 3.12. The smallest absolute Gasteiger partial charge is 0.293 e. The molecule has 0 aliphatic rings. The second kappa shape index (κ2) is 13.8. The van der Waals surface area contributed by atoms with Crippen LogP contribution >= 0.6 is 0 Å². The summed E-state index contributed by atoms with van der Waals surface area (Å²) in [5, 5.41) is 0. The van der Waals surface area contributed by atoms with E-state index >= 15 is 0 Å². The van der Waals surface area contributed by atoms with Gasteiger partial charge in [0, 0.05) is 0 Å². The van der Waals surface area contributed by atoms with Gasteiger partial charge in [0.2, 0.25) is 0 Å². The SMILES string of the molecule is O=COC(COCc1ccccc1)C(/C=C/OCc1ccccc1)OCc1ccccc1. The molecule has 5 heteroatoms. The van der Waals surface area contributed by atoms with E-state index in [1.807, 2.05) is 91.0 Å². The highest BCUT2D eigenvalue weighted by molar-refractivity contribution is 5.37. The zero-order valence-electron chi connectivity index (χ0n) is 17.9. The Bertz CT molecular complexity index is 913. The van der Waals surface area contributed by atoms with Crippen LogP contribution in [0.2, 0.25) is 0 Å². The predicted octanol–water partition coefficient (Wildman–Crippen LogP) is 5.06. The maximum atomic E-state index is 11.2. The van der Waals surface area contributed by atoms with Crippen molar-refractivity contribution in [2.75, 3.05) is 6.61 Å². The summed E-state index contributed by atoms with van der Waals surface area (Å²) in [6, 6.07) is 29.5. The van der Waals surface area contributed by atoms with Crippen LogP contribution in [0.25, 0.3) is 0 Å². The quantitative estimate of drug-likeness (QED) is 0.263. The minimum atomic E-state index is -0.614. The van der Waals surface area contributed by atoms with Gasteiger partial charge < -0.3 is 18.9 Å². The molecule has 0 radical (unpaired) electrons. The molecule has 0 saturated carbocycles. The molecule has 3 aromatic rings. The zero-order valence-corrected chi connectivity index (χ0v) is 17.9. The minimum Gasteiger partial charge on any atom is -0.497 e. The van der Waals surface area contributed by atoms with E-state index in [0.717, 1.165) is 16.7 Å². The van der Waals surface area contributed by atoms with Crippen LogP contribution in [0.15, 0.2) is 103 Å². The topological polar surface area (TPSA) is 54.0 Å². The van der Waals surface area contributed by atoms with Crippen LogP contribution in [-0.4, -0.2) is 25.3 Å². The number of hydrogen-bond acceptors (Lipinski definition) is 5. The molecule has 0 aliphatic carbocycles. The van der Waals surface area contributed by atoms with Crippen LogP contribution in [0.1, 0.15) is 16.7 Å². The van der Waals surface area contributed by atoms with Gasteiger partial charge in [-0.15, -0.1) is 0 Å². The first kappa shape index (κ1) is 23.3. The molecule has 0 amide bonds. The third-order valence-corrected chi connectivity index (χ3v) is 4.73. The Kier molecular flexibility index (Phi) is 10.0. The van der Waals surface area contributed by atoms with E-state index in [4.69, 9.17) is 18.9 Å². The maximum Gasteiger partial charge on any atom is 0.293 e. The van der Waals surface area contributed by atoms with E-state index < -0.39 is 12.2 Å². The monoisotopic (exact) mass is 432 g/mol. The molecule has 0 spiro atoms.